The van der Waals surface area contributed by atoms with Crippen molar-refractivity contribution in [1.82, 2.24) is 9.53 Å². The van der Waals surface area contributed by atoms with Crippen molar-refractivity contribution >= 4 is 40.7 Å². The number of esters is 1. The lowest BCUT2D eigenvalue weighted by Crippen LogP contribution is -2.14. The molecule has 4 aromatic rings. The SMILES string of the molecule is Cc1ccc(-c2cc(C(OC(=O)c3nsc(Cl)c3Cl)c3ccccc3)no2)cc1. The fourth-order valence-electron chi connectivity index (χ4n) is 2.74. The van der Waals surface area contributed by atoms with Gasteiger partial charge in [-0.05, 0) is 24.0 Å². The molecule has 0 saturated heterocycles. The number of carbonyl (C=O) groups excluding carboxylic acids is 1. The van der Waals surface area contributed by atoms with Gasteiger partial charge < -0.3 is 9.26 Å². The number of benzene rings is 2. The van der Waals surface area contributed by atoms with Crippen LogP contribution in [0.1, 0.15) is 33.4 Å². The van der Waals surface area contributed by atoms with Crippen molar-refractivity contribution in [2.45, 2.75) is 13.0 Å². The third kappa shape index (κ3) is 4.19. The maximum absolute atomic E-state index is 12.7. The van der Waals surface area contributed by atoms with E-state index in [-0.39, 0.29) is 15.1 Å². The smallest absolute Gasteiger partial charge is 0.360 e. The minimum atomic E-state index is -0.789. The van der Waals surface area contributed by atoms with Gasteiger partial charge in [0.15, 0.2) is 17.6 Å². The van der Waals surface area contributed by atoms with Crippen LogP contribution in [0.4, 0.5) is 0 Å². The molecular formula is C21H14Cl2N2O3S. The molecule has 0 aliphatic rings. The van der Waals surface area contributed by atoms with Gasteiger partial charge in [-0.25, -0.2) is 4.79 Å². The molecule has 29 heavy (non-hydrogen) atoms. The fraction of sp³-hybridized carbons (Fsp3) is 0.0952. The first-order chi connectivity index (χ1) is 14.0. The molecule has 0 saturated carbocycles. The number of ether oxygens (including phenoxy) is 1. The van der Waals surface area contributed by atoms with E-state index in [0.29, 0.717) is 11.5 Å². The highest BCUT2D eigenvalue weighted by atomic mass is 35.5. The standard InChI is InChI=1S/C21H14Cl2N2O3S/c1-12-7-9-13(10-8-12)16-11-15(24-28-16)19(14-5-3-2-4-6-14)27-21(26)18-17(22)20(23)29-25-18/h2-11,19H,1H3. The Hall–Kier alpha value is -2.67. The molecular weight excluding hydrogens is 431 g/mol. The summed E-state index contributed by atoms with van der Waals surface area (Å²) >= 11 is 12.9. The van der Waals surface area contributed by atoms with Crippen molar-refractivity contribution < 1.29 is 14.1 Å². The summed E-state index contributed by atoms with van der Waals surface area (Å²) in [6.07, 6.45) is -0.789. The molecule has 0 bridgehead atoms. The van der Waals surface area contributed by atoms with E-state index >= 15 is 0 Å². The quantitative estimate of drug-likeness (QED) is 0.335. The monoisotopic (exact) mass is 444 g/mol. The Balaban J connectivity index is 1.67. The summed E-state index contributed by atoms with van der Waals surface area (Å²) in [5, 5.41) is 4.21. The highest BCUT2D eigenvalue weighted by Crippen LogP contribution is 2.33. The van der Waals surface area contributed by atoms with Gasteiger partial charge in [-0.15, -0.1) is 0 Å². The molecule has 2 heterocycles. The van der Waals surface area contributed by atoms with E-state index in [1.165, 1.54) is 0 Å². The molecule has 0 aliphatic carbocycles. The average Bonchev–Trinajstić information content (AvgIpc) is 3.35. The summed E-state index contributed by atoms with van der Waals surface area (Å²) in [4.78, 5) is 12.7. The van der Waals surface area contributed by atoms with Gasteiger partial charge in [0.25, 0.3) is 0 Å². The van der Waals surface area contributed by atoms with Gasteiger partial charge in [-0.1, -0.05) is 88.5 Å². The number of hydrogen-bond acceptors (Lipinski definition) is 6. The minimum Gasteiger partial charge on any atom is -0.446 e. The molecule has 4 rings (SSSR count). The van der Waals surface area contributed by atoms with Crippen molar-refractivity contribution in [2.24, 2.45) is 0 Å². The summed E-state index contributed by atoms with van der Waals surface area (Å²) < 4.78 is 15.4. The topological polar surface area (TPSA) is 65.2 Å². The first-order valence-corrected chi connectivity index (χ1v) is 10.2. The number of nitrogens with zero attached hydrogens (tertiary/aromatic N) is 2. The van der Waals surface area contributed by atoms with Crippen LogP contribution in [0.3, 0.4) is 0 Å². The van der Waals surface area contributed by atoms with Gasteiger partial charge in [-0.2, -0.15) is 4.37 Å². The molecule has 2 aromatic heterocycles. The molecule has 0 fully saturated rings. The van der Waals surface area contributed by atoms with Crippen molar-refractivity contribution in [3.05, 3.63) is 92.5 Å². The zero-order chi connectivity index (χ0) is 20.4. The van der Waals surface area contributed by atoms with Gasteiger partial charge in [0.2, 0.25) is 0 Å². The largest absolute Gasteiger partial charge is 0.446 e. The van der Waals surface area contributed by atoms with Gasteiger partial charge in [0.05, 0.1) is 0 Å². The second-order valence-electron chi connectivity index (χ2n) is 6.30. The Morgan fingerprint density at radius 1 is 1.10 bits per heavy atom. The number of aromatic nitrogens is 2. The van der Waals surface area contributed by atoms with Gasteiger partial charge in [-0.3, -0.25) is 0 Å². The van der Waals surface area contributed by atoms with Crippen molar-refractivity contribution in [3.8, 4) is 11.3 Å². The third-order valence-electron chi connectivity index (χ3n) is 4.25. The second kappa shape index (κ2) is 8.37. The normalized spacial score (nSPS) is 12.0. The number of carbonyl (C=O) groups is 1. The number of aryl methyl sites for hydroxylation is 1. The Kier molecular flexibility index (Phi) is 5.67. The summed E-state index contributed by atoms with van der Waals surface area (Å²) in [7, 11) is 0. The third-order valence-corrected chi connectivity index (χ3v) is 5.86. The number of rotatable bonds is 5. The van der Waals surface area contributed by atoms with Crippen molar-refractivity contribution in [1.29, 1.82) is 0 Å². The Morgan fingerprint density at radius 2 is 1.83 bits per heavy atom. The van der Waals surface area contributed by atoms with Gasteiger partial charge in [0, 0.05) is 11.6 Å². The lowest BCUT2D eigenvalue weighted by Gasteiger charge is -2.15. The molecule has 2 aromatic carbocycles. The van der Waals surface area contributed by atoms with Crippen LogP contribution >= 0.6 is 34.7 Å². The first-order valence-electron chi connectivity index (χ1n) is 8.63. The summed E-state index contributed by atoms with van der Waals surface area (Å²) in [5.41, 5.74) is 3.19. The maximum Gasteiger partial charge on any atom is 0.360 e. The molecule has 1 unspecified atom stereocenters. The van der Waals surface area contributed by atoms with Crippen LogP contribution in [-0.4, -0.2) is 15.5 Å². The minimum absolute atomic E-state index is 0.0233. The predicted molar refractivity (Wildman–Crippen MR) is 113 cm³/mol. The molecule has 146 valence electrons. The Morgan fingerprint density at radius 3 is 2.48 bits per heavy atom. The lowest BCUT2D eigenvalue weighted by atomic mass is 10.0. The van der Waals surface area contributed by atoms with Crippen molar-refractivity contribution in [2.75, 3.05) is 0 Å². The Bertz CT molecular complexity index is 1140. The molecule has 0 aliphatic heterocycles. The zero-order valence-corrected chi connectivity index (χ0v) is 17.5. The first kappa shape index (κ1) is 19.6. The maximum atomic E-state index is 12.7. The highest BCUT2D eigenvalue weighted by Gasteiger charge is 2.27. The van der Waals surface area contributed by atoms with Crippen LogP contribution in [-0.2, 0) is 4.74 Å². The van der Waals surface area contributed by atoms with E-state index in [1.54, 1.807) is 6.07 Å². The van der Waals surface area contributed by atoms with Crippen LogP contribution in [0.25, 0.3) is 11.3 Å². The molecule has 1 atom stereocenters. The van der Waals surface area contributed by atoms with Crippen LogP contribution in [0.15, 0.2) is 65.2 Å². The van der Waals surface area contributed by atoms with Gasteiger partial charge >= 0.3 is 5.97 Å². The highest BCUT2D eigenvalue weighted by molar-refractivity contribution is 7.11. The van der Waals surface area contributed by atoms with E-state index < -0.39 is 12.1 Å². The molecule has 0 amide bonds. The van der Waals surface area contributed by atoms with Crippen LogP contribution in [0.5, 0.6) is 0 Å². The van der Waals surface area contributed by atoms with Crippen LogP contribution < -0.4 is 0 Å². The summed E-state index contributed by atoms with van der Waals surface area (Å²) in [6, 6.07) is 18.9. The Labute approximate surface area is 181 Å². The van der Waals surface area contributed by atoms with E-state index in [9.17, 15) is 4.79 Å². The molecule has 0 spiro atoms. The van der Waals surface area contributed by atoms with Crippen LogP contribution in [0, 0.1) is 6.92 Å². The molecule has 0 N–H and O–H groups in total. The lowest BCUT2D eigenvalue weighted by molar-refractivity contribution is 0.0360. The molecule has 0 radical (unpaired) electrons. The van der Waals surface area contributed by atoms with Crippen molar-refractivity contribution in [3.63, 3.8) is 0 Å². The molecule has 5 nitrogen and oxygen atoms in total. The van der Waals surface area contributed by atoms with E-state index in [1.807, 2.05) is 61.5 Å². The van der Waals surface area contributed by atoms with Crippen LogP contribution in [0.2, 0.25) is 9.36 Å². The fourth-order valence-corrected chi connectivity index (χ4v) is 3.72. The van der Waals surface area contributed by atoms with E-state index in [2.05, 4.69) is 9.53 Å². The average molecular weight is 445 g/mol. The van der Waals surface area contributed by atoms with E-state index in [0.717, 1.165) is 28.2 Å². The zero-order valence-electron chi connectivity index (χ0n) is 15.1. The summed E-state index contributed by atoms with van der Waals surface area (Å²) in [6.45, 7) is 2.01. The summed E-state index contributed by atoms with van der Waals surface area (Å²) in [5.74, 6) is -0.112. The second-order valence-corrected chi connectivity index (χ2v) is 8.05. The van der Waals surface area contributed by atoms with E-state index in [4.69, 9.17) is 32.5 Å². The predicted octanol–water partition coefficient (Wildman–Crippen LogP) is 6.36. The molecule has 8 heteroatoms. The number of hydrogen-bond donors (Lipinski definition) is 0. The van der Waals surface area contributed by atoms with Gasteiger partial charge in [0.1, 0.15) is 15.1 Å². The number of halogens is 2.